The summed E-state index contributed by atoms with van der Waals surface area (Å²) in [7, 11) is 0. The number of halogens is 7. The Morgan fingerprint density at radius 1 is 1.11 bits per heavy atom. The zero-order valence-corrected chi connectivity index (χ0v) is 16.9. The van der Waals surface area contributed by atoms with Crippen LogP contribution >= 0.6 is 39.1 Å². The molecule has 0 aliphatic carbocycles. The lowest BCUT2D eigenvalue weighted by Gasteiger charge is -2.29. The average Bonchev–Trinajstić information content (AvgIpc) is 2.60. The molecule has 1 unspecified atom stereocenters. The lowest BCUT2D eigenvalue weighted by molar-refractivity contribution is -0.217. The van der Waals surface area contributed by atoms with Crippen molar-refractivity contribution in [3.63, 3.8) is 0 Å². The van der Waals surface area contributed by atoms with E-state index in [1.165, 1.54) is 6.07 Å². The molecule has 2 aromatic rings. The lowest BCUT2D eigenvalue weighted by atomic mass is 10.2. The van der Waals surface area contributed by atoms with E-state index in [2.05, 4.69) is 9.72 Å². The third-order valence-electron chi connectivity index (χ3n) is 3.45. The summed E-state index contributed by atoms with van der Waals surface area (Å²) in [6.07, 6.45) is -2.61. The van der Waals surface area contributed by atoms with Crippen LogP contribution in [0.15, 0.2) is 42.5 Å². The van der Waals surface area contributed by atoms with Crippen LogP contribution < -0.4 is 0 Å². The molecule has 0 radical (unpaired) electrons. The number of aromatic nitrogens is 1. The normalized spacial score (nSPS) is 13.2. The van der Waals surface area contributed by atoms with Crippen molar-refractivity contribution in [2.45, 2.75) is 23.5 Å². The van der Waals surface area contributed by atoms with Gasteiger partial charge in [-0.25, -0.2) is 9.78 Å². The van der Waals surface area contributed by atoms with Crippen LogP contribution in [-0.4, -0.2) is 34.4 Å². The standard InChI is InChI=1S/C17H12BrCl2F4NO3/c18-17(23,24)16(21,22)12(9-27-8-10-4-2-1-3-5-10)28-15(26)11-6-7-13(19)25-14(11)20/h1-7,12H,8-9H2. The van der Waals surface area contributed by atoms with E-state index in [0.717, 1.165) is 6.07 Å². The molecule has 4 nitrogen and oxygen atoms in total. The van der Waals surface area contributed by atoms with Crippen LogP contribution in [0.2, 0.25) is 10.3 Å². The summed E-state index contributed by atoms with van der Waals surface area (Å²) >= 11 is 12.9. The zero-order valence-electron chi connectivity index (χ0n) is 13.9. The van der Waals surface area contributed by atoms with E-state index in [4.69, 9.17) is 27.9 Å². The van der Waals surface area contributed by atoms with Crippen LogP contribution in [0, 0.1) is 0 Å². The number of carbonyl (C=O) groups excluding carboxylic acids is 1. The Morgan fingerprint density at radius 2 is 1.75 bits per heavy atom. The molecule has 2 rings (SSSR count). The van der Waals surface area contributed by atoms with Gasteiger partial charge in [0, 0.05) is 0 Å². The Bertz CT molecular complexity index is 822. The number of hydrogen-bond acceptors (Lipinski definition) is 4. The lowest BCUT2D eigenvalue weighted by Crippen LogP contribution is -2.50. The highest BCUT2D eigenvalue weighted by atomic mass is 79.9. The van der Waals surface area contributed by atoms with E-state index < -0.39 is 40.2 Å². The Kier molecular flexibility index (Phi) is 7.66. The van der Waals surface area contributed by atoms with Crippen LogP contribution in [0.25, 0.3) is 0 Å². The van der Waals surface area contributed by atoms with Gasteiger partial charge in [-0.2, -0.15) is 17.6 Å². The highest BCUT2D eigenvalue weighted by Gasteiger charge is 2.61. The van der Waals surface area contributed by atoms with Gasteiger partial charge >= 0.3 is 16.7 Å². The van der Waals surface area contributed by atoms with E-state index in [1.807, 2.05) is 0 Å². The minimum absolute atomic E-state index is 0.0541. The van der Waals surface area contributed by atoms with Crippen molar-refractivity contribution in [1.29, 1.82) is 0 Å². The summed E-state index contributed by atoms with van der Waals surface area (Å²) < 4.78 is 64.6. The van der Waals surface area contributed by atoms with Crippen molar-refractivity contribution < 1.29 is 31.8 Å². The molecular weight excluding hydrogens is 493 g/mol. The number of ether oxygens (including phenoxy) is 2. The number of esters is 1. The second-order valence-corrected chi connectivity index (χ2v) is 7.23. The SMILES string of the molecule is O=C(OC(COCc1ccccc1)C(F)(F)C(F)(F)Br)c1ccc(Cl)nc1Cl. The second kappa shape index (κ2) is 9.39. The van der Waals surface area contributed by atoms with E-state index in [1.54, 1.807) is 46.3 Å². The molecule has 1 aromatic heterocycles. The molecule has 0 aliphatic heterocycles. The van der Waals surface area contributed by atoms with Crippen LogP contribution in [0.5, 0.6) is 0 Å². The van der Waals surface area contributed by atoms with Crippen LogP contribution in [0.3, 0.4) is 0 Å². The molecule has 152 valence electrons. The second-order valence-electron chi connectivity index (χ2n) is 5.49. The van der Waals surface area contributed by atoms with Gasteiger partial charge in [-0.1, -0.05) is 53.5 Å². The molecule has 0 N–H and O–H groups in total. The number of benzene rings is 1. The van der Waals surface area contributed by atoms with Crippen LogP contribution in [-0.2, 0) is 16.1 Å². The molecular formula is C17H12BrCl2F4NO3. The maximum absolute atomic E-state index is 14.1. The first kappa shape index (κ1) is 22.9. The molecule has 1 aromatic carbocycles. The van der Waals surface area contributed by atoms with Crippen LogP contribution in [0.1, 0.15) is 15.9 Å². The van der Waals surface area contributed by atoms with Crippen molar-refractivity contribution in [2.24, 2.45) is 0 Å². The molecule has 0 amide bonds. The molecule has 0 saturated carbocycles. The van der Waals surface area contributed by atoms with Gasteiger partial charge in [0.05, 0.1) is 18.8 Å². The van der Waals surface area contributed by atoms with Gasteiger partial charge in [0.15, 0.2) is 6.10 Å². The van der Waals surface area contributed by atoms with Gasteiger partial charge in [-0.3, -0.25) is 0 Å². The van der Waals surface area contributed by atoms with Gasteiger partial charge in [0.2, 0.25) is 0 Å². The van der Waals surface area contributed by atoms with Gasteiger partial charge in [-0.05, 0) is 33.6 Å². The Labute approximate surface area is 175 Å². The van der Waals surface area contributed by atoms with Crippen molar-refractivity contribution in [1.82, 2.24) is 4.98 Å². The Hall–Kier alpha value is -1.42. The van der Waals surface area contributed by atoms with Crippen molar-refractivity contribution in [3.8, 4) is 0 Å². The van der Waals surface area contributed by atoms with E-state index in [-0.39, 0.29) is 11.8 Å². The van der Waals surface area contributed by atoms with Gasteiger partial charge in [0.25, 0.3) is 0 Å². The third-order valence-corrected chi connectivity index (χ3v) is 4.47. The minimum atomic E-state index is -4.77. The number of hydrogen-bond donors (Lipinski definition) is 0. The first-order valence-corrected chi connectivity index (χ1v) is 9.16. The molecule has 28 heavy (non-hydrogen) atoms. The van der Waals surface area contributed by atoms with Crippen molar-refractivity contribution in [3.05, 3.63) is 63.9 Å². The maximum atomic E-state index is 14.1. The molecule has 0 saturated heterocycles. The first-order valence-electron chi connectivity index (χ1n) is 7.61. The number of nitrogens with zero attached hydrogens (tertiary/aromatic N) is 1. The zero-order chi connectivity index (χ0) is 20.9. The fourth-order valence-electron chi connectivity index (χ4n) is 2.01. The molecule has 0 bridgehead atoms. The minimum Gasteiger partial charge on any atom is -0.449 e. The largest absolute Gasteiger partial charge is 0.449 e. The van der Waals surface area contributed by atoms with Crippen LogP contribution in [0.4, 0.5) is 17.6 Å². The smallest absolute Gasteiger partial charge is 0.367 e. The van der Waals surface area contributed by atoms with E-state index in [9.17, 15) is 22.4 Å². The molecule has 0 aliphatic rings. The number of rotatable bonds is 8. The fraction of sp³-hybridized carbons (Fsp3) is 0.294. The summed E-state index contributed by atoms with van der Waals surface area (Å²) in [6, 6.07) is 10.7. The van der Waals surface area contributed by atoms with Crippen molar-refractivity contribution in [2.75, 3.05) is 6.61 Å². The van der Waals surface area contributed by atoms with E-state index in [0.29, 0.717) is 5.56 Å². The quantitative estimate of drug-likeness (QED) is 0.199. The predicted octanol–water partition coefficient (Wildman–Crippen LogP) is 5.75. The van der Waals surface area contributed by atoms with Crippen molar-refractivity contribution >= 4 is 45.1 Å². The fourth-order valence-corrected chi connectivity index (χ4v) is 2.69. The summed E-state index contributed by atoms with van der Waals surface area (Å²) in [5, 5.41) is -0.475. The average molecular weight is 505 g/mol. The summed E-state index contributed by atoms with van der Waals surface area (Å²) in [4.78, 5) is 11.1. The maximum Gasteiger partial charge on any atom is 0.367 e. The Morgan fingerprint density at radius 3 is 2.32 bits per heavy atom. The molecule has 11 heteroatoms. The molecule has 1 heterocycles. The molecule has 1 atom stereocenters. The topological polar surface area (TPSA) is 48.4 Å². The van der Waals surface area contributed by atoms with E-state index >= 15 is 0 Å². The highest BCUT2D eigenvalue weighted by Crippen LogP contribution is 2.43. The summed E-state index contributed by atoms with van der Waals surface area (Å²) in [5.41, 5.74) is 0.208. The van der Waals surface area contributed by atoms with Gasteiger partial charge in [0.1, 0.15) is 10.3 Å². The van der Waals surface area contributed by atoms with Gasteiger partial charge in [-0.15, -0.1) is 0 Å². The summed E-state index contributed by atoms with van der Waals surface area (Å²) in [5.74, 6) is -6.15. The molecule has 0 fully saturated rings. The molecule has 0 spiro atoms. The number of carbonyl (C=O) groups is 1. The van der Waals surface area contributed by atoms with Gasteiger partial charge < -0.3 is 9.47 Å². The monoisotopic (exact) mass is 503 g/mol. The highest BCUT2D eigenvalue weighted by molar-refractivity contribution is 9.10. The number of alkyl halides is 5. The Balaban J connectivity index is 2.16. The summed E-state index contributed by atoms with van der Waals surface area (Å²) in [6.45, 7) is -1.14. The predicted molar refractivity (Wildman–Crippen MR) is 98.4 cm³/mol. The third kappa shape index (κ3) is 5.79. The first-order chi connectivity index (χ1) is 13.0. The number of pyridine rings is 1.